The quantitative estimate of drug-likeness (QED) is 0.162. The van der Waals surface area contributed by atoms with Crippen molar-refractivity contribution in [2.75, 3.05) is 0 Å². The van der Waals surface area contributed by atoms with Gasteiger partial charge in [-0.2, -0.15) is 0 Å². The molecule has 0 saturated heterocycles. The average Bonchev–Trinajstić information content (AvgIpc) is 3.29. The van der Waals surface area contributed by atoms with Gasteiger partial charge in [-0.15, -0.1) is 0 Å². The number of rotatable bonds is 7. The number of hydrogen-bond donors (Lipinski definition) is 0. The van der Waals surface area contributed by atoms with Crippen LogP contribution in [0.4, 0.5) is 0 Å². The van der Waals surface area contributed by atoms with E-state index in [0.717, 1.165) is 66.3 Å². The molecule has 4 aromatic heterocycles. The zero-order chi connectivity index (χ0) is 37.3. The minimum atomic E-state index is 0.486. The molecule has 262 valence electrons. The Bertz CT molecular complexity index is 2690. The van der Waals surface area contributed by atoms with Crippen LogP contribution in [0.2, 0.25) is 0 Å². The maximum Gasteiger partial charge on any atom is 0.182 e. The molecule has 0 unspecified atom stereocenters. The molecule has 0 aliphatic carbocycles. The predicted octanol–water partition coefficient (Wildman–Crippen LogP) is 11.4. The molecule has 0 fully saturated rings. The summed E-state index contributed by atoms with van der Waals surface area (Å²) < 4.78 is 0. The van der Waals surface area contributed by atoms with Crippen LogP contribution in [0.15, 0.2) is 188 Å². The van der Waals surface area contributed by atoms with Crippen LogP contribution in [-0.4, -0.2) is 34.9 Å². The zero-order valence-electron chi connectivity index (χ0n) is 30.0. The van der Waals surface area contributed by atoms with E-state index in [4.69, 9.17) is 24.9 Å². The highest BCUT2D eigenvalue weighted by molar-refractivity contribution is 6.11. The van der Waals surface area contributed by atoms with E-state index in [-0.39, 0.29) is 0 Å². The molecule has 7 heteroatoms. The molecule has 0 amide bonds. The second kappa shape index (κ2) is 14.2. The van der Waals surface area contributed by atoms with Gasteiger partial charge in [0.05, 0.1) is 11.4 Å². The fourth-order valence-corrected chi connectivity index (χ4v) is 7.25. The van der Waals surface area contributed by atoms with Crippen molar-refractivity contribution in [1.82, 2.24) is 34.9 Å². The Morgan fingerprint density at radius 3 is 1.04 bits per heavy atom. The standard InChI is InChI=1S/C49H31N7/c1-3-15-32(16-4-1)44-31-45(33-17-5-2-6-18-33)53-46(52-44)40-27-25-38(34-19-7-9-21-36(34)40)39-26-28-41(37-22-10-8-20-35(37)39)47-54-48(42-23-11-13-29-50-42)56-49(55-47)43-24-12-14-30-51-43/h1-31H. The third kappa shape index (κ3) is 6.13. The monoisotopic (exact) mass is 717 g/mol. The molecule has 56 heavy (non-hydrogen) atoms. The number of benzene rings is 6. The maximum absolute atomic E-state index is 5.17. The Hall–Kier alpha value is -7.77. The molecule has 4 heterocycles. The SMILES string of the molecule is c1ccc(-c2cc(-c3ccccc3)nc(-c3ccc(-c4ccc(-c5nc(-c6ccccn6)nc(-c6ccccn6)n5)c5ccccc45)c4ccccc34)n2)cc1. The van der Waals surface area contributed by atoms with Gasteiger partial charge < -0.3 is 0 Å². The van der Waals surface area contributed by atoms with Gasteiger partial charge in [0.15, 0.2) is 23.3 Å². The summed E-state index contributed by atoms with van der Waals surface area (Å²) in [7, 11) is 0. The molecule has 0 radical (unpaired) electrons. The van der Waals surface area contributed by atoms with E-state index in [1.807, 2.05) is 72.8 Å². The maximum atomic E-state index is 5.17. The van der Waals surface area contributed by atoms with Gasteiger partial charge in [-0.1, -0.05) is 133 Å². The van der Waals surface area contributed by atoms with Gasteiger partial charge in [-0.25, -0.2) is 24.9 Å². The largest absolute Gasteiger partial charge is 0.253 e. The van der Waals surface area contributed by atoms with Gasteiger partial charge in [0.25, 0.3) is 0 Å². The Morgan fingerprint density at radius 2 is 0.607 bits per heavy atom. The molecule has 0 spiro atoms. The molecule has 0 bridgehead atoms. The van der Waals surface area contributed by atoms with Crippen LogP contribution >= 0.6 is 0 Å². The first kappa shape index (κ1) is 32.8. The lowest BCUT2D eigenvalue weighted by Gasteiger charge is -2.16. The first-order chi connectivity index (χ1) is 27.8. The van der Waals surface area contributed by atoms with Crippen LogP contribution < -0.4 is 0 Å². The minimum absolute atomic E-state index is 0.486. The van der Waals surface area contributed by atoms with Crippen LogP contribution in [0.25, 0.3) is 101 Å². The molecule has 0 saturated carbocycles. The second-order valence-electron chi connectivity index (χ2n) is 13.3. The van der Waals surface area contributed by atoms with Crippen molar-refractivity contribution in [3.05, 3.63) is 188 Å². The summed E-state index contributed by atoms with van der Waals surface area (Å²) in [6.07, 6.45) is 3.49. The summed E-state index contributed by atoms with van der Waals surface area (Å²) in [6.45, 7) is 0. The van der Waals surface area contributed by atoms with Gasteiger partial charge in [0.1, 0.15) is 11.4 Å². The van der Waals surface area contributed by atoms with Crippen molar-refractivity contribution in [3.8, 4) is 79.5 Å². The molecule has 10 aromatic rings. The van der Waals surface area contributed by atoms with Gasteiger partial charge in [-0.3, -0.25) is 9.97 Å². The third-order valence-electron chi connectivity index (χ3n) is 9.91. The molecule has 0 atom stereocenters. The predicted molar refractivity (Wildman–Crippen MR) is 224 cm³/mol. The Kier molecular flexibility index (Phi) is 8.35. The normalized spacial score (nSPS) is 11.2. The van der Waals surface area contributed by atoms with Crippen LogP contribution in [0, 0.1) is 0 Å². The van der Waals surface area contributed by atoms with Crippen LogP contribution in [-0.2, 0) is 0 Å². The number of fused-ring (bicyclic) bond motifs is 2. The van der Waals surface area contributed by atoms with Gasteiger partial charge >= 0.3 is 0 Å². The van der Waals surface area contributed by atoms with Crippen LogP contribution in [0.1, 0.15) is 0 Å². The first-order valence-corrected chi connectivity index (χ1v) is 18.4. The average molecular weight is 718 g/mol. The van der Waals surface area contributed by atoms with Crippen molar-refractivity contribution in [1.29, 1.82) is 0 Å². The Morgan fingerprint density at radius 1 is 0.250 bits per heavy atom. The van der Waals surface area contributed by atoms with Crippen LogP contribution in [0.5, 0.6) is 0 Å². The molecular weight excluding hydrogens is 687 g/mol. The summed E-state index contributed by atoms with van der Waals surface area (Å²) in [5.41, 5.74) is 9.21. The van der Waals surface area contributed by atoms with E-state index in [2.05, 4.69) is 113 Å². The smallest absolute Gasteiger partial charge is 0.182 e. The topological polar surface area (TPSA) is 90.2 Å². The molecular formula is C49H31N7. The number of hydrogen-bond acceptors (Lipinski definition) is 7. The summed E-state index contributed by atoms with van der Waals surface area (Å²) >= 11 is 0. The van der Waals surface area contributed by atoms with Gasteiger partial charge in [-0.05, 0) is 75.1 Å². The highest BCUT2D eigenvalue weighted by Gasteiger charge is 2.19. The number of nitrogens with zero attached hydrogens (tertiary/aromatic N) is 7. The highest BCUT2D eigenvalue weighted by Crippen LogP contribution is 2.41. The van der Waals surface area contributed by atoms with Gasteiger partial charge in [0, 0.05) is 34.6 Å². The Balaban J connectivity index is 1.14. The van der Waals surface area contributed by atoms with Crippen molar-refractivity contribution in [2.24, 2.45) is 0 Å². The highest BCUT2D eigenvalue weighted by atomic mass is 15.1. The first-order valence-electron chi connectivity index (χ1n) is 18.4. The molecule has 7 nitrogen and oxygen atoms in total. The summed E-state index contributed by atoms with van der Waals surface area (Å²) in [5.74, 6) is 2.20. The van der Waals surface area contributed by atoms with E-state index in [1.54, 1.807) is 12.4 Å². The van der Waals surface area contributed by atoms with Crippen LogP contribution in [0.3, 0.4) is 0 Å². The fourth-order valence-electron chi connectivity index (χ4n) is 7.25. The van der Waals surface area contributed by atoms with Gasteiger partial charge in [0.2, 0.25) is 0 Å². The molecule has 6 aromatic carbocycles. The van der Waals surface area contributed by atoms with E-state index >= 15 is 0 Å². The van der Waals surface area contributed by atoms with E-state index in [0.29, 0.717) is 34.7 Å². The lowest BCUT2D eigenvalue weighted by Crippen LogP contribution is -2.02. The van der Waals surface area contributed by atoms with Crippen molar-refractivity contribution in [2.45, 2.75) is 0 Å². The van der Waals surface area contributed by atoms with Crippen molar-refractivity contribution < 1.29 is 0 Å². The van der Waals surface area contributed by atoms with E-state index in [1.165, 1.54) is 0 Å². The number of aromatic nitrogens is 7. The second-order valence-corrected chi connectivity index (χ2v) is 13.3. The lowest BCUT2D eigenvalue weighted by molar-refractivity contribution is 1.05. The summed E-state index contributed by atoms with van der Waals surface area (Å²) in [6, 6.07) is 59.6. The fraction of sp³-hybridized carbons (Fsp3) is 0. The third-order valence-corrected chi connectivity index (χ3v) is 9.91. The van der Waals surface area contributed by atoms with E-state index < -0.39 is 0 Å². The minimum Gasteiger partial charge on any atom is -0.253 e. The number of pyridine rings is 2. The zero-order valence-corrected chi connectivity index (χ0v) is 30.0. The summed E-state index contributed by atoms with van der Waals surface area (Å²) in [5, 5.41) is 4.28. The van der Waals surface area contributed by atoms with Crippen molar-refractivity contribution >= 4 is 21.5 Å². The molecule has 0 aliphatic rings. The summed E-state index contributed by atoms with van der Waals surface area (Å²) in [4.78, 5) is 34.2. The Labute approximate surface area is 323 Å². The van der Waals surface area contributed by atoms with Crippen molar-refractivity contribution in [3.63, 3.8) is 0 Å². The van der Waals surface area contributed by atoms with E-state index in [9.17, 15) is 0 Å². The molecule has 0 N–H and O–H groups in total. The molecule has 0 aliphatic heterocycles. The molecule has 10 rings (SSSR count). The lowest BCUT2D eigenvalue weighted by atomic mass is 9.90.